The lowest BCUT2D eigenvalue weighted by Crippen LogP contribution is -2.23. The summed E-state index contributed by atoms with van der Waals surface area (Å²) in [6.45, 7) is 0.299. The highest BCUT2D eigenvalue weighted by Gasteiger charge is 2.09. The average molecular weight is 260 g/mol. The van der Waals surface area contributed by atoms with Crippen molar-refractivity contribution in [1.82, 2.24) is 10.3 Å². The Hall–Kier alpha value is -2.43. The third-order valence-electron chi connectivity index (χ3n) is 2.57. The lowest BCUT2D eigenvalue weighted by Gasteiger charge is -2.06. The molecule has 1 aromatic heterocycles. The van der Waals surface area contributed by atoms with E-state index in [-0.39, 0.29) is 17.2 Å². The first kappa shape index (κ1) is 13.0. The highest BCUT2D eigenvalue weighted by molar-refractivity contribution is 5.94. The van der Waals surface area contributed by atoms with Gasteiger partial charge in [0.05, 0.1) is 19.3 Å². The minimum atomic E-state index is -0.562. The van der Waals surface area contributed by atoms with Gasteiger partial charge in [-0.3, -0.25) is 9.78 Å². The van der Waals surface area contributed by atoms with Crippen LogP contribution in [0.15, 0.2) is 42.6 Å². The Kier molecular flexibility index (Phi) is 4.07. The van der Waals surface area contributed by atoms with Gasteiger partial charge in [0.1, 0.15) is 0 Å². The summed E-state index contributed by atoms with van der Waals surface area (Å²) in [5.74, 6) is -0.804. The van der Waals surface area contributed by atoms with Crippen LogP contribution in [0.2, 0.25) is 0 Å². The molecule has 0 saturated carbocycles. The van der Waals surface area contributed by atoms with Crippen molar-refractivity contribution < 1.29 is 13.9 Å². The van der Waals surface area contributed by atoms with Gasteiger partial charge in [-0.05, 0) is 30.3 Å². The molecule has 0 atom stereocenters. The van der Waals surface area contributed by atoms with E-state index in [0.717, 1.165) is 11.8 Å². The molecule has 1 N–H and O–H groups in total. The van der Waals surface area contributed by atoms with E-state index in [2.05, 4.69) is 10.3 Å². The molecule has 0 fully saturated rings. The van der Waals surface area contributed by atoms with Crippen molar-refractivity contribution in [3.05, 3.63) is 59.7 Å². The first-order valence-electron chi connectivity index (χ1n) is 5.72. The summed E-state index contributed by atoms with van der Waals surface area (Å²) in [5, 5.41) is 2.67. The molecule has 98 valence electrons. The number of aromatic nitrogens is 1. The molecule has 0 aliphatic carbocycles. The summed E-state index contributed by atoms with van der Waals surface area (Å²) in [7, 11) is 1.37. The fourth-order valence-corrected chi connectivity index (χ4v) is 1.58. The highest BCUT2D eigenvalue weighted by Crippen LogP contribution is 2.17. The zero-order chi connectivity index (χ0) is 13.7. The van der Waals surface area contributed by atoms with Crippen LogP contribution in [-0.4, -0.2) is 18.0 Å². The number of methoxy groups -OCH3 is 1. The molecule has 2 rings (SSSR count). The second-order valence-electron chi connectivity index (χ2n) is 3.85. The summed E-state index contributed by atoms with van der Waals surface area (Å²) >= 11 is 0. The SMILES string of the molecule is COc1ccc(C(=O)NCc2ccccn2)cc1F. The Morgan fingerprint density at radius 1 is 1.37 bits per heavy atom. The van der Waals surface area contributed by atoms with Crippen LogP contribution in [0.5, 0.6) is 5.75 Å². The minimum Gasteiger partial charge on any atom is -0.494 e. The predicted molar refractivity (Wildman–Crippen MR) is 68.4 cm³/mol. The van der Waals surface area contributed by atoms with Crippen LogP contribution >= 0.6 is 0 Å². The van der Waals surface area contributed by atoms with Gasteiger partial charge in [0.25, 0.3) is 5.91 Å². The normalized spacial score (nSPS) is 10.0. The number of hydrogen-bond donors (Lipinski definition) is 1. The van der Waals surface area contributed by atoms with Crippen LogP contribution in [0.25, 0.3) is 0 Å². The number of amides is 1. The van der Waals surface area contributed by atoms with Gasteiger partial charge in [0, 0.05) is 11.8 Å². The third kappa shape index (κ3) is 3.28. The molecule has 0 aliphatic heterocycles. The number of halogens is 1. The first-order valence-corrected chi connectivity index (χ1v) is 5.72. The Morgan fingerprint density at radius 3 is 2.84 bits per heavy atom. The van der Waals surface area contributed by atoms with Gasteiger partial charge >= 0.3 is 0 Å². The van der Waals surface area contributed by atoms with Crippen molar-refractivity contribution in [2.45, 2.75) is 6.54 Å². The summed E-state index contributed by atoms with van der Waals surface area (Å²) in [6, 6.07) is 9.51. The van der Waals surface area contributed by atoms with Crippen LogP contribution in [0.4, 0.5) is 4.39 Å². The van der Waals surface area contributed by atoms with Gasteiger partial charge in [-0.2, -0.15) is 0 Å². The zero-order valence-corrected chi connectivity index (χ0v) is 10.4. The fraction of sp³-hybridized carbons (Fsp3) is 0.143. The molecule has 0 bridgehead atoms. The smallest absolute Gasteiger partial charge is 0.251 e. The fourth-order valence-electron chi connectivity index (χ4n) is 1.58. The number of hydrogen-bond acceptors (Lipinski definition) is 3. The number of carbonyl (C=O) groups is 1. The highest BCUT2D eigenvalue weighted by atomic mass is 19.1. The molecule has 0 spiro atoms. The van der Waals surface area contributed by atoms with E-state index in [4.69, 9.17) is 4.74 Å². The molecule has 19 heavy (non-hydrogen) atoms. The van der Waals surface area contributed by atoms with E-state index in [9.17, 15) is 9.18 Å². The van der Waals surface area contributed by atoms with Crippen LogP contribution in [-0.2, 0) is 6.54 Å². The van der Waals surface area contributed by atoms with E-state index in [1.165, 1.54) is 19.2 Å². The molecular weight excluding hydrogens is 247 g/mol. The summed E-state index contributed by atoms with van der Waals surface area (Å²) in [4.78, 5) is 15.9. The van der Waals surface area contributed by atoms with Crippen molar-refractivity contribution in [2.75, 3.05) is 7.11 Å². The molecular formula is C14H13FN2O2. The molecule has 2 aromatic rings. The van der Waals surface area contributed by atoms with Gasteiger partial charge < -0.3 is 10.1 Å². The van der Waals surface area contributed by atoms with E-state index in [1.54, 1.807) is 18.3 Å². The maximum absolute atomic E-state index is 13.5. The third-order valence-corrected chi connectivity index (χ3v) is 2.57. The van der Waals surface area contributed by atoms with Crippen molar-refractivity contribution in [3.8, 4) is 5.75 Å². The van der Waals surface area contributed by atoms with Gasteiger partial charge in [-0.1, -0.05) is 6.07 Å². The average Bonchev–Trinajstić information content (AvgIpc) is 2.45. The molecule has 0 unspecified atom stereocenters. The Morgan fingerprint density at radius 2 is 2.21 bits per heavy atom. The van der Waals surface area contributed by atoms with E-state index >= 15 is 0 Å². The molecule has 0 aliphatic rings. The largest absolute Gasteiger partial charge is 0.494 e. The molecule has 1 aromatic carbocycles. The quantitative estimate of drug-likeness (QED) is 0.916. The summed E-state index contributed by atoms with van der Waals surface area (Å²) in [6.07, 6.45) is 1.65. The van der Waals surface area contributed by atoms with E-state index < -0.39 is 5.82 Å². The van der Waals surface area contributed by atoms with Crippen LogP contribution in [0.1, 0.15) is 16.1 Å². The van der Waals surface area contributed by atoms with Gasteiger partial charge in [-0.25, -0.2) is 4.39 Å². The van der Waals surface area contributed by atoms with Crippen molar-refractivity contribution in [2.24, 2.45) is 0 Å². The molecule has 0 saturated heterocycles. The Balaban J connectivity index is 2.02. The van der Waals surface area contributed by atoms with E-state index in [1.807, 2.05) is 6.07 Å². The van der Waals surface area contributed by atoms with Crippen LogP contribution in [0.3, 0.4) is 0 Å². The Bertz CT molecular complexity index is 573. The second kappa shape index (κ2) is 5.95. The number of nitrogens with one attached hydrogen (secondary N) is 1. The molecule has 1 heterocycles. The maximum atomic E-state index is 13.5. The standard InChI is InChI=1S/C14H13FN2O2/c1-19-13-6-5-10(8-12(13)15)14(18)17-9-11-4-2-3-7-16-11/h2-8H,9H2,1H3,(H,17,18). The van der Waals surface area contributed by atoms with Crippen molar-refractivity contribution in [3.63, 3.8) is 0 Å². The number of benzene rings is 1. The second-order valence-corrected chi connectivity index (χ2v) is 3.85. The summed E-state index contributed by atoms with van der Waals surface area (Å²) in [5.41, 5.74) is 0.985. The van der Waals surface area contributed by atoms with Crippen molar-refractivity contribution in [1.29, 1.82) is 0 Å². The Labute approximate surface area is 110 Å². The monoisotopic (exact) mass is 260 g/mol. The molecule has 4 nitrogen and oxygen atoms in total. The molecule has 1 amide bonds. The topological polar surface area (TPSA) is 51.2 Å². The summed E-state index contributed by atoms with van der Waals surface area (Å²) < 4.78 is 18.2. The van der Waals surface area contributed by atoms with Crippen LogP contribution < -0.4 is 10.1 Å². The first-order chi connectivity index (χ1) is 9.20. The van der Waals surface area contributed by atoms with E-state index in [0.29, 0.717) is 6.54 Å². The van der Waals surface area contributed by atoms with Crippen LogP contribution in [0, 0.1) is 5.82 Å². The molecule has 5 heteroatoms. The number of rotatable bonds is 4. The van der Waals surface area contributed by atoms with Gasteiger partial charge in [0.2, 0.25) is 0 Å². The minimum absolute atomic E-state index is 0.112. The number of carbonyl (C=O) groups excluding carboxylic acids is 1. The number of nitrogens with zero attached hydrogens (tertiary/aromatic N) is 1. The predicted octanol–water partition coefficient (Wildman–Crippen LogP) is 2.16. The molecule has 0 radical (unpaired) electrons. The van der Waals surface area contributed by atoms with Gasteiger partial charge in [0.15, 0.2) is 11.6 Å². The number of ether oxygens (including phenoxy) is 1. The number of pyridine rings is 1. The lowest BCUT2D eigenvalue weighted by molar-refractivity contribution is 0.0950. The zero-order valence-electron chi connectivity index (χ0n) is 10.4. The lowest BCUT2D eigenvalue weighted by atomic mass is 10.2. The van der Waals surface area contributed by atoms with Crippen molar-refractivity contribution >= 4 is 5.91 Å². The van der Waals surface area contributed by atoms with Gasteiger partial charge in [-0.15, -0.1) is 0 Å². The maximum Gasteiger partial charge on any atom is 0.251 e.